The molecule has 7 heteroatoms. The molecule has 86 valence electrons. The third kappa shape index (κ3) is 6.51. The van der Waals surface area contributed by atoms with Crippen molar-refractivity contribution in [2.75, 3.05) is 12.9 Å². The fourth-order valence-corrected chi connectivity index (χ4v) is 1.76. The van der Waals surface area contributed by atoms with Crippen molar-refractivity contribution < 1.29 is 18.7 Å². The Bertz CT molecular complexity index is 273. The second kappa shape index (κ2) is 7.70. The Hall–Kier alpha value is -0.560. The first kappa shape index (κ1) is 14.4. The minimum Gasteiger partial charge on any atom is -0.467 e. The minimum absolute atomic E-state index is 0.0835. The summed E-state index contributed by atoms with van der Waals surface area (Å²) in [7, 11) is 1.21. The highest BCUT2D eigenvalue weighted by Gasteiger charge is 2.20. The summed E-state index contributed by atoms with van der Waals surface area (Å²) in [5, 5.41) is 1.89. The average molecular weight is 300 g/mol. The van der Waals surface area contributed by atoms with E-state index < -0.39 is 17.2 Å². The topological polar surface area (TPSA) is 55.4 Å². The SMILES string of the molecule is COC(=O)[C@H](CS/C(F)=C/Br)NC(C)=O. The Labute approximate surface area is 99.7 Å². The maximum Gasteiger partial charge on any atom is 0.329 e. The first-order chi connectivity index (χ1) is 7.01. The summed E-state index contributed by atoms with van der Waals surface area (Å²) in [6, 6.07) is -0.837. The van der Waals surface area contributed by atoms with Crippen molar-refractivity contribution >= 4 is 39.6 Å². The molecule has 1 N–H and O–H groups in total. The second-order valence-corrected chi connectivity index (χ2v) is 3.97. The van der Waals surface area contributed by atoms with E-state index in [1.807, 2.05) is 0 Å². The van der Waals surface area contributed by atoms with Crippen LogP contribution in [0.25, 0.3) is 0 Å². The molecule has 0 aliphatic heterocycles. The van der Waals surface area contributed by atoms with Crippen molar-refractivity contribution in [1.29, 1.82) is 0 Å². The van der Waals surface area contributed by atoms with Gasteiger partial charge in [-0.05, 0) is 0 Å². The summed E-state index contributed by atoms with van der Waals surface area (Å²) in [6.07, 6.45) is 0. The van der Waals surface area contributed by atoms with Crippen LogP contribution in [0.5, 0.6) is 0 Å². The quantitative estimate of drug-likeness (QED) is 0.783. The van der Waals surface area contributed by atoms with E-state index in [0.717, 1.165) is 16.7 Å². The van der Waals surface area contributed by atoms with Gasteiger partial charge in [-0.2, -0.15) is 4.39 Å². The van der Waals surface area contributed by atoms with Crippen LogP contribution in [-0.4, -0.2) is 30.8 Å². The highest BCUT2D eigenvalue weighted by atomic mass is 79.9. The van der Waals surface area contributed by atoms with Gasteiger partial charge in [0.15, 0.2) is 5.16 Å². The molecule has 0 aromatic carbocycles. The number of ether oxygens (including phenoxy) is 1. The summed E-state index contributed by atoms with van der Waals surface area (Å²) in [5.41, 5.74) is 0. The third-order valence-corrected chi connectivity index (χ3v) is 2.94. The lowest BCUT2D eigenvalue weighted by molar-refractivity contribution is -0.144. The molecule has 0 spiro atoms. The van der Waals surface area contributed by atoms with E-state index in [2.05, 4.69) is 26.0 Å². The summed E-state index contributed by atoms with van der Waals surface area (Å²) < 4.78 is 17.2. The zero-order chi connectivity index (χ0) is 11.8. The lowest BCUT2D eigenvalue weighted by atomic mass is 10.3. The molecular formula is C8H11BrFNO3S. The van der Waals surface area contributed by atoms with E-state index >= 15 is 0 Å². The smallest absolute Gasteiger partial charge is 0.329 e. The van der Waals surface area contributed by atoms with Crippen molar-refractivity contribution in [3.63, 3.8) is 0 Å². The normalized spacial score (nSPS) is 13.2. The number of hydrogen-bond acceptors (Lipinski definition) is 4. The van der Waals surface area contributed by atoms with Gasteiger partial charge < -0.3 is 10.1 Å². The molecule has 4 nitrogen and oxygen atoms in total. The fraction of sp³-hybridized carbons (Fsp3) is 0.500. The van der Waals surface area contributed by atoms with Gasteiger partial charge in [0.2, 0.25) is 5.91 Å². The standard InChI is InChI=1S/C8H11BrFNO3S/c1-5(12)11-6(8(13)14-2)4-15-7(10)3-9/h3,6H,4H2,1-2H3,(H,11,12)/b7-3+/t6-/m0/s1. The molecule has 0 aromatic rings. The van der Waals surface area contributed by atoms with Gasteiger partial charge in [0.05, 0.1) is 7.11 Å². The van der Waals surface area contributed by atoms with Crippen LogP contribution in [0.2, 0.25) is 0 Å². The summed E-state index contributed by atoms with van der Waals surface area (Å²) in [5.74, 6) is -0.880. The number of methoxy groups -OCH3 is 1. The Morgan fingerprint density at radius 1 is 1.67 bits per heavy atom. The molecule has 0 fully saturated rings. The van der Waals surface area contributed by atoms with Crippen molar-refractivity contribution in [2.24, 2.45) is 0 Å². The van der Waals surface area contributed by atoms with E-state index in [1.165, 1.54) is 14.0 Å². The number of nitrogens with one attached hydrogen (secondary N) is 1. The molecule has 1 atom stereocenters. The van der Waals surface area contributed by atoms with Crippen LogP contribution in [0.1, 0.15) is 6.92 Å². The van der Waals surface area contributed by atoms with Crippen LogP contribution < -0.4 is 5.32 Å². The van der Waals surface area contributed by atoms with Crippen molar-refractivity contribution in [3.8, 4) is 0 Å². The van der Waals surface area contributed by atoms with Crippen molar-refractivity contribution in [3.05, 3.63) is 10.1 Å². The van der Waals surface area contributed by atoms with Crippen LogP contribution in [-0.2, 0) is 14.3 Å². The van der Waals surface area contributed by atoms with E-state index in [-0.39, 0.29) is 11.7 Å². The monoisotopic (exact) mass is 299 g/mol. The van der Waals surface area contributed by atoms with Crippen molar-refractivity contribution in [2.45, 2.75) is 13.0 Å². The minimum atomic E-state index is -0.837. The fourth-order valence-electron chi connectivity index (χ4n) is 0.751. The number of carbonyl (C=O) groups is 2. The average Bonchev–Trinajstić information content (AvgIpc) is 2.21. The van der Waals surface area contributed by atoms with Gasteiger partial charge in [-0.3, -0.25) is 4.79 Å². The molecule has 0 aliphatic carbocycles. The Balaban J connectivity index is 4.25. The van der Waals surface area contributed by atoms with Gasteiger partial charge in [0.1, 0.15) is 6.04 Å². The molecule has 0 heterocycles. The molecule has 0 saturated carbocycles. The highest BCUT2D eigenvalue weighted by Crippen LogP contribution is 2.19. The Morgan fingerprint density at radius 3 is 2.67 bits per heavy atom. The van der Waals surface area contributed by atoms with Crippen LogP contribution in [0.3, 0.4) is 0 Å². The lowest BCUT2D eigenvalue weighted by Crippen LogP contribution is -2.42. The van der Waals surface area contributed by atoms with Crippen molar-refractivity contribution in [1.82, 2.24) is 5.32 Å². The van der Waals surface area contributed by atoms with E-state index in [4.69, 9.17) is 0 Å². The van der Waals surface area contributed by atoms with Gasteiger partial charge in [0, 0.05) is 17.7 Å². The number of esters is 1. The summed E-state index contributed by atoms with van der Waals surface area (Å²) in [4.78, 5) is 23.0. The number of halogens is 2. The zero-order valence-corrected chi connectivity index (χ0v) is 10.7. The van der Waals surface area contributed by atoms with E-state index in [0.29, 0.717) is 0 Å². The van der Waals surface area contributed by atoms with Crippen LogP contribution >= 0.6 is 27.7 Å². The first-order valence-corrected chi connectivity index (χ1v) is 5.85. The predicted molar refractivity (Wildman–Crippen MR) is 60.2 cm³/mol. The van der Waals surface area contributed by atoms with Gasteiger partial charge in [-0.1, -0.05) is 27.7 Å². The van der Waals surface area contributed by atoms with Crippen LogP contribution in [0, 0.1) is 0 Å². The number of rotatable bonds is 5. The number of amides is 1. The third-order valence-electron chi connectivity index (χ3n) is 1.34. The van der Waals surface area contributed by atoms with Gasteiger partial charge in [-0.25, -0.2) is 4.79 Å². The van der Waals surface area contributed by atoms with Gasteiger partial charge in [-0.15, -0.1) is 0 Å². The zero-order valence-electron chi connectivity index (χ0n) is 8.25. The number of carbonyl (C=O) groups excluding carboxylic acids is 2. The maximum atomic E-state index is 12.7. The van der Waals surface area contributed by atoms with Crippen LogP contribution in [0.15, 0.2) is 10.1 Å². The molecular weight excluding hydrogens is 289 g/mol. The molecule has 0 aliphatic rings. The number of hydrogen-bond donors (Lipinski definition) is 1. The Kier molecular flexibility index (Phi) is 7.41. The largest absolute Gasteiger partial charge is 0.467 e. The molecule has 0 radical (unpaired) electrons. The highest BCUT2D eigenvalue weighted by molar-refractivity contribution is 9.11. The Morgan fingerprint density at radius 2 is 2.27 bits per heavy atom. The number of thioether (sulfide) groups is 1. The van der Waals surface area contributed by atoms with E-state index in [9.17, 15) is 14.0 Å². The predicted octanol–water partition coefficient (Wildman–Crippen LogP) is 1.56. The lowest BCUT2D eigenvalue weighted by Gasteiger charge is -2.13. The van der Waals surface area contributed by atoms with Gasteiger partial charge in [0.25, 0.3) is 0 Å². The molecule has 0 saturated heterocycles. The molecule has 0 unspecified atom stereocenters. The summed E-state index contributed by atoms with van der Waals surface area (Å²) in [6.45, 7) is 1.28. The van der Waals surface area contributed by atoms with Crippen LogP contribution in [0.4, 0.5) is 4.39 Å². The molecule has 1 amide bonds. The summed E-state index contributed by atoms with van der Waals surface area (Å²) >= 11 is 3.61. The maximum absolute atomic E-state index is 12.7. The molecule has 0 rings (SSSR count). The second-order valence-electron chi connectivity index (χ2n) is 2.50. The van der Waals surface area contributed by atoms with Gasteiger partial charge >= 0.3 is 5.97 Å². The van der Waals surface area contributed by atoms with E-state index in [1.54, 1.807) is 0 Å². The molecule has 0 aromatic heterocycles. The molecule has 0 bridgehead atoms. The first-order valence-electron chi connectivity index (χ1n) is 3.94. The molecule has 15 heavy (non-hydrogen) atoms.